The van der Waals surface area contributed by atoms with Gasteiger partial charge in [0.25, 0.3) is 0 Å². The van der Waals surface area contributed by atoms with E-state index >= 15 is 0 Å². The normalized spacial score (nSPS) is 12.5. The monoisotopic (exact) mass is 435 g/mol. The highest BCUT2D eigenvalue weighted by Crippen LogP contribution is 2.38. The van der Waals surface area contributed by atoms with Crippen molar-refractivity contribution in [2.45, 2.75) is 11.1 Å². The van der Waals surface area contributed by atoms with E-state index in [9.17, 15) is 26.4 Å². The number of hydrogen-bond acceptors (Lipinski definition) is 4. The highest BCUT2D eigenvalue weighted by molar-refractivity contribution is 7.89. The van der Waals surface area contributed by atoms with Crippen LogP contribution in [-0.2, 0) is 16.2 Å². The Morgan fingerprint density at radius 2 is 1.63 bits per heavy atom. The third kappa shape index (κ3) is 3.27. The molecular formula is C19H12F3N3O4S. The molecule has 0 aliphatic heterocycles. The van der Waals surface area contributed by atoms with Crippen LogP contribution in [-0.4, -0.2) is 29.3 Å². The van der Waals surface area contributed by atoms with Gasteiger partial charge in [-0.3, -0.25) is 0 Å². The molecule has 7 nitrogen and oxygen atoms in total. The minimum Gasteiger partial charge on any atom is -0.478 e. The summed E-state index contributed by atoms with van der Waals surface area (Å²) in [6.07, 6.45) is -4.74. The van der Waals surface area contributed by atoms with Crippen molar-refractivity contribution in [3.05, 3.63) is 65.9 Å². The third-order valence-corrected chi connectivity index (χ3v) is 5.51. The first-order valence-corrected chi connectivity index (χ1v) is 9.91. The second kappa shape index (κ2) is 6.54. The fourth-order valence-corrected chi connectivity index (χ4v) is 3.76. The fourth-order valence-electron chi connectivity index (χ4n) is 3.24. The van der Waals surface area contributed by atoms with Crippen molar-refractivity contribution in [1.29, 1.82) is 0 Å². The summed E-state index contributed by atoms with van der Waals surface area (Å²) in [7, 11) is -3.98. The molecule has 0 spiro atoms. The lowest BCUT2D eigenvalue weighted by atomic mass is 10.0. The van der Waals surface area contributed by atoms with E-state index in [1.807, 2.05) is 0 Å². The van der Waals surface area contributed by atoms with Gasteiger partial charge in [-0.1, -0.05) is 12.1 Å². The van der Waals surface area contributed by atoms with Crippen molar-refractivity contribution in [2.24, 2.45) is 5.14 Å². The van der Waals surface area contributed by atoms with E-state index in [0.29, 0.717) is 10.8 Å². The van der Waals surface area contributed by atoms with E-state index < -0.39 is 27.9 Å². The summed E-state index contributed by atoms with van der Waals surface area (Å²) in [6, 6.07) is 11.6. The number of sulfonamides is 1. The van der Waals surface area contributed by atoms with Gasteiger partial charge < -0.3 is 5.11 Å². The van der Waals surface area contributed by atoms with E-state index in [4.69, 9.17) is 10.2 Å². The van der Waals surface area contributed by atoms with Crippen LogP contribution in [0.15, 0.2) is 59.5 Å². The van der Waals surface area contributed by atoms with Crippen LogP contribution in [0, 0.1) is 0 Å². The molecule has 154 valence electrons. The second-order valence-electron chi connectivity index (χ2n) is 6.50. The van der Waals surface area contributed by atoms with Crippen molar-refractivity contribution in [1.82, 2.24) is 9.78 Å². The molecule has 11 heteroatoms. The summed E-state index contributed by atoms with van der Waals surface area (Å²) < 4.78 is 64.7. The van der Waals surface area contributed by atoms with Crippen molar-refractivity contribution in [3.63, 3.8) is 0 Å². The molecule has 3 aromatic carbocycles. The minimum atomic E-state index is -4.74. The highest BCUT2D eigenvalue weighted by Gasteiger charge is 2.37. The summed E-state index contributed by atoms with van der Waals surface area (Å²) in [5, 5.41) is 18.6. The lowest BCUT2D eigenvalue weighted by Crippen LogP contribution is -2.12. The molecule has 0 saturated heterocycles. The molecule has 0 amide bonds. The molecule has 3 N–H and O–H groups in total. The van der Waals surface area contributed by atoms with Crippen molar-refractivity contribution < 1.29 is 31.5 Å². The number of carboxylic acids is 1. The quantitative estimate of drug-likeness (QED) is 0.511. The van der Waals surface area contributed by atoms with Crippen LogP contribution in [0.25, 0.3) is 27.4 Å². The summed E-state index contributed by atoms with van der Waals surface area (Å²) in [5.41, 5.74) is -0.837. The number of nitrogens with two attached hydrogens (primary N) is 1. The summed E-state index contributed by atoms with van der Waals surface area (Å²) in [5.74, 6) is -1.17. The molecule has 30 heavy (non-hydrogen) atoms. The predicted octanol–water partition coefficient (Wildman–Crippen LogP) is 3.54. The number of aromatic carboxylic acids is 1. The SMILES string of the molecule is NS(=O)(=O)c1ccc(-n2nc(C(F)(F)F)c3ccc4cc(C(=O)O)ccc4c32)cc1. The molecule has 0 unspecified atom stereocenters. The predicted molar refractivity (Wildman–Crippen MR) is 102 cm³/mol. The Kier molecular flexibility index (Phi) is 4.33. The molecule has 4 rings (SSSR count). The van der Waals surface area contributed by atoms with Crippen molar-refractivity contribution >= 4 is 37.7 Å². The number of primary sulfonamides is 1. The van der Waals surface area contributed by atoms with Gasteiger partial charge in [0.15, 0.2) is 5.69 Å². The van der Waals surface area contributed by atoms with Crippen LogP contribution in [0.5, 0.6) is 0 Å². The molecule has 0 aliphatic rings. The maximum atomic E-state index is 13.6. The molecule has 0 aliphatic carbocycles. The maximum absolute atomic E-state index is 13.6. The fraction of sp³-hybridized carbons (Fsp3) is 0.0526. The number of aromatic nitrogens is 2. The van der Waals surface area contributed by atoms with Crippen LogP contribution in [0.2, 0.25) is 0 Å². The minimum absolute atomic E-state index is 0.0125. The molecule has 0 saturated carbocycles. The van der Waals surface area contributed by atoms with E-state index in [-0.39, 0.29) is 27.0 Å². The summed E-state index contributed by atoms with van der Waals surface area (Å²) in [6.45, 7) is 0. The molecular weight excluding hydrogens is 423 g/mol. The first-order chi connectivity index (χ1) is 14.0. The van der Waals surface area contributed by atoms with Gasteiger partial charge >= 0.3 is 12.1 Å². The average molecular weight is 435 g/mol. The molecule has 0 fully saturated rings. The number of nitrogens with zero attached hydrogens (tertiary/aromatic N) is 2. The third-order valence-electron chi connectivity index (χ3n) is 4.58. The van der Waals surface area contributed by atoms with Crippen LogP contribution in [0.3, 0.4) is 0 Å². The van der Waals surface area contributed by atoms with E-state index in [1.54, 1.807) is 0 Å². The van der Waals surface area contributed by atoms with Crippen LogP contribution < -0.4 is 5.14 Å². The van der Waals surface area contributed by atoms with Crippen LogP contribution in [0.4, 0.5) is 13.2 Å². The van der Waals surface area contributed by atoms with Gasteiger partial charge in [0.2, 0.25) is 10.0 Å². The molecule has 1 heterocycles. The molecule has 0 atom stereocenters. The lowest BCUT2D eigenvalue weighted by molar-refractivity contribution is -0.140. The van der Waals surface area contributed by atoms with Gasteiger partial charge in [0.05, 0.1) is 21.7 Å². The van der Waals surface area contributed by atoms with E-state index in [1.165, 1.54) is 54.6 Å². The van der Waals surface area contributed by atoms with Crippen LogP contribution in [0.1, 0.15) is 16.1 Å². The first kappa shape index (κ1) is 19.9. The highest BCUT2D eigenvalue weighted by atomic mass is 32.2. The zero-order valence-electron chi connectivity index (χ0n) is 14.9. The number of benzene rings is 3. The average Bonchev–Trinajstić information content (AvgIpc) is 3.07. The number of halogens is 3. The smallest absolute Gasteiger partial charge is 0.435 e. The maximum Gasteiger partial charge on any atom is 0.435 e. The number of fused-ring (bicyclic) bond motifs is 3. The summed E-state index contributed by atoms with van der Waals surface area (Å²) >= 11 is 0. The zero-order chi connectivity index (χ0) is 21.8. The molecule has 4 aromatic rings. The molecule has 0 bridgehead atoms. The second-order valence-corrected chi connectivity index (χ2v) is 8.06. The molecule has 0 radical (unpaired) electrons. The van der Waals surface area contributed by atoms with Crippen LogP contribution >= 0.6 is 0 Å². The number of carboxylic acid groups (broad SMARTS) is 1. The van der Waals surface area contributed by atoms with Gasteiger partial charge in [0, 0.05) is 10.8 Å². The molecule has 1 aromatic heterocycles. The van der Waals surface area contributed by atoms with Gasteiger partial charge in [0.1, 0.15) is 0 Å². The number of rotatable bonds is 3. The Hall–Kier alpha value is -3.44. The largest absolute Gasteiger partial charge is 0.478 e. The van der Waals surface area contributed by atoms with Gasteiger partial charge in [-0.15, -0.1) is 0 Å². The van der Waals surface area contributed by atoms with Gasteiger partial charge in [-0.05, 0) is 47.9 Å². The Balaban J connectivity index is 2.06. The number of alkyl halides is 3. The first-order valence-electron chi connectivity index (χ1n) is 8.36. The Bertz CT molecular complexity index is 1430. The zero-order valence-corrected chi connectivity index (χ0v) is 15.7. The summed E-state index contributed by atoms with van der Waals surface area (Å²) in [4.78, 5) is 11.0. The standard InChI is InChI=1S/C19H12F3N3O4S/c20-19(21,22)17-15-8-1-10-9-11(18(26)27)2-7-14(10)16(15)25(24-17)12-3-5-13(6-4-12)30(23,28)29/h1-9H,(H,26,27)(H2,23,28,29). The topological polar surface area (TPSA) is 115 Å². The van der Waals surface area contributed by atoms with Crippen molar-refractivity contribution in [3.8, 4) is 5.69 Å². The Morgan fingerprint density at radius 3 is 2.20 bits per heavy atom. The van der Waals surface area contributed by atoms with Gasteiger partial charge in [-0.2, -0.15) is 18.3 Å². The van der Waals surface area contributed by atoms with E-state index in [0.717, 1.165) is 4.68 Å². The number of hydrogen-bond donors (Lipinski definition) is 2. The van der Waals surface area contributed by atoms with E-state index in [2.05, 4.69) is 5.10 Å². The number of carbonyl (C=O) groups is 1. The van der Waals surface area contributed by atoms with Gasteiger partial charge in [-0.25, -0.2) is 23.0 Å². The van der Waals surface area contributed by atoms with Crippen molar-refractivity contribution in [2.75, 3.05) is 0 Å². The lowest BCUT2D eigenvalue weighted by Gasteiger charge is -2.08. The Labute approximate surface area is 167 Å². The Morgan fingerprint density at radius 1 is 1.00 bits per heavy atom.